The van der Waals surface area contributed by atoms with Crippen LogP contribution in [0.2, 0.25) is 5.02 Å². The van der Waals surface area contributed by atoms with Crippen molar-refractivity contribution < 1.29 is 12.8 Å². The summed E-state index contributed by atoms with van der Waals surface area (Å²) in [5.41, 5.74) is 5.61. The summed E-state index contributed by atoms with van der Waals surface area (Å²) in [5, 5.41) is -0.305. The second-order valence-corrected chi connectivity index (χ2v) is 7.40. The number of nitrogen functional groups attached to an aromatic ring is 1. The van der Waals surface area contributed by atoms with Gasteiger partial charge in [0.2, 0.25) is 10.0 Å². The summed E-state index contributed by atoms with van der Waals surface area (Å²) in [6.45, 7) is 5.85. The van der Waals surface area contributed by atoms with E-state index in [0.717, 1.165) is 12.5 Å². The van der Waals surface area contributed by atoms with Crippen molar-refractivity contribution >= 4 is 27.3 Å². The van der Waals surface area contributed by atoms with Crippen LogP contribution in [0.5, 0.6) is 0 Å². The van der Waals surface area contributed by atoms with Crippen LogP contribution in [0, 0.1) is 11.7 Å². The Balaban J connectivity index is 2.94. The van der Waals surface area contributed by atoms with Crippen LogP contribution in [0.15, 0.2) is 17.0 Å². The number of nitrogens with one attached hydrogen (secondary N) is 1. The van der Waals surface area contributed by atoms with Gasteiger partial charge < -0.3 is 5.73 Å². The van der Waals surface area contributed by atoms with Crippen molar-refractivity contribution in [2.24, 2.45) is 5.92 Å². The third-order valence-corrected chi connectivity index (χ3v) is 4.70. The molecule has 0 aliphatic rings. The van der Waals surface area contributed by atoms with Gasteiger partial charge >= 0.3 is 0 Å². The molecule has 0 aliphatic heterocycles. The van der Waals surface area contributed by atoms with Crippen molar-refractivity contribution in [3.63, 3.8) is 0 Å². The largest absolute Gasteiger partial charge is 0.399 e. The predicted molar refractivity (Wildman–Crippen MR) is 79.7 cm³/mol. The van der Waals surface area contributed by atoms with E-state index in [4.69, 9.17) is 17.3 Å². The molecule has 0 aliphatic carbocycles. The molecule has 0 saturated heterocycles. The predicted octanol–water partition coefficient (Wildman–Crippen LogP) is 3.16. The molecular weight excluding hydrogens is 303 g/mol. The molecule has 0 bridgehead atoms. The van der Waals surface area contributed by atoms with Crippen LogP contribution in [0.4, 0.5) is 10.1 Å². The van der Waals surface area contributed by atoms with E-state index in [1.165, 1.54) is 6.07 Å². The first kappa shape index (κ1) is 17.2. The van der Waals surface area contributed by atoms with Crippen LogP contribution < -0.4 is 10.5 Å². The minimum Gasteiger partial charge on any atom is -0.399 e. The maximum atomic E-state index is 13.8. The number of benzene rings is 1. The van der Waals surface area contributed by atoms with E-state index in [9.17, 15) is 12.8 Å². The van der Waals surface area contributed by atoms with Gasteiger partial charge in [0.25, 0.3) is 0 Å². The molecule has 20 heavy (non-hydrogen) atoms. The fourth-order valence-electron chi connectivity index (χ4n) is 1.75. The highest BCUT2D eigenvalue weighted by Crippen LogP contribution is 2.26. The topological polar surface area (TPSA) is 72.2 Å². The molecule has 0 radical (unpaired) electrons. The van der Waals surface area contributed by atoms with Crippen molar-refractivity contribution in [3.05, 3.63) is 23.0 Å². The average Bonchev–Trinajstić information content (AvgIpc) is 2.30. The number of hydrogen-bond donors (Lipinski definition) is 2. The van der Waals surface area contributed by atoms with E-state index in [0.29, 0.717) is 12.3 Å². The lowest BCUT2D eigenvalue weighted by Crippen LogP contribution is -2.33. The van der Waals surface area contributed by atoms with E-state index in [1.807, 2.05) is 0 Å². The summed E-state index contributed by atoms with van der Waals surface area (Å²) in [4.78, 5) is -0.515. The highest BCUT2D eigenvalue weighted by Gasteiger charge is 2.23. The van der Waals surface area contributed by atoms with Gasteiger partial charge in [0.05, 0.1) is 5.02 Å². The van der Waals surface area contributed by atoms with Gasteiger partial charge in [-0.1, -0.05) is 25.4 Å². The van der Waals surface area contributed by atoms with Crippen molar-refractivity contribution in [1.82, 2.24) is 4.72 Å². The number of sulfonamides is 1. The number of nitrogens with two attached hydrogens (primary N) is 1. The monoisotopic (exact) mass is 322 g/mol. The Kier molecular flexibility index (Phi) is 5.79. The standard InChI is InChI=1S/C13H20ClFN2O2S/c1-8(2)4-5-9(3)17-20(18,19)12-7-10(16)6-11(14)13(12)15/h6-9,17H,4-5,16H2,1-3H3. The minimum atomic E-state index is -3.97. The third kappa shape index (κ3) is 4.61. The first-order chi connectivity index (χ1) is 9.13. The second kappa shape index (κ2) is 6.74. The zero-order chi connectivity index (χ0) is 15.5. The molecule has 1 unspecified atom stereocenters. The highest BCUT2D eigenvalue weighted by atomic mass is 35.5. The van der Waals surface area contributed by atoms with Gasteiger partial charge in [-0.05, 0) is 37.8 Å². The Morgan fingerprint density at radius 1 is 1.30 bits per heavy atom. The zero-order valence-corrected chi connectivity index (χ0v) is 13.4. The molecule has 0 fully saturated rings. The number of halogens is 2. The van der Waals surface area contributed by atoms with E-state index < -0.39 is 20.7 Å². The zero-order valence-electron chi connectivity index (χ0n) is 11.8. The molecule has 4 nitrogen and oxygen atoms in total. The van der Waals surface area contributed by atoms with Crippen molar-refractivity contribution in [2.75, 3.05) is 5.73 Å². The molecular formula is C13H20ClFN2O2S. The Morgan fingerprint density at radius 2 is 1.90 bits per heavy atom. The first-order valence-corrected chi connectivity index (χ1v) is 8.26. The van der Waals surface area contributed by atoms with Crippen molar-refractivity contribution in [1.29, 1.82) is 0 Å². The second-order valence-electron chi connectivity index (χ2n) is 5.31. The Morgan fingerprint density at radius 3 is 2.45 bits per heavy atom. The average molecular weight is 323 g/mol. The summed E-state index contributed by atoms with van der Waals surface area (Å²) >= 11 is 5.62. The maximum absolute atomic E-state index is 13.8. The minimum absolute atomic E-state index is 0.103. The van der Waals surface area contributed by atoms with Gasteiger partial charge in [0, 0.05) is 11.7 Å². The number of anilines is 1. The number of rotatable bonds is 6. The van der Waals surface area contributed by atoms with Crippen molar-refractivity contribution in [3.8, 4) is 0 Å². The van der Waals surface area contributed by atoms with Gasteiger partial charge in [0.15, 0.2) is 5.82 Å². The summed E-state index contributed by atoms with van der Waals surface area (Å²) in [6.07, 6.45) is 1.55. The summed E-state index contributed by atoms with van der Waals surface area (Å²) in [6, 6.07) is 1.96. The van der Waals surface area contributed by atoms with Crippen LogP contribution in [-0.4, -0.2) is 14.5 Å². The third-order valence-electron chi connectivity index (χ3n) is 2.84. The van der Waals surface area contributed by atoms with E-state index in [1.54, 1.807) is 6.92 Å². The van der Waals surface area contributed by atoms with Crippen LogP contribution in [0.1, 0.15) is 33.6 Å². The van der Waals surface area contributed by atoms with Gasteiger partial charge in [0.1, 0.15) is 4.90 Å². The van der Waals surface area contributed by atoms with Crippen LogP contribution in [0.3, 0.4) is 0 Å². The molecule has 1 atom stereocenters. The molecule has 0 heterocycles. The number of hydrogen-bond acceptors (Lipinski definition) is 3. The van der Waals surface area contributed by atoms with Crippen LogP contribution in [0.25, 0.3) is 0 Å². The van der Waals surface area contributed by atoms with Gasteiger partial charge in [-0.2, -0.15) is 0 Å². The first-order valence-electron chi connectivity index (χ1n) is 6.40. The summed E-state index contributed by atoms with van der Waals surface area (Å²) in [5.74, 6) is -0.509. The lowest BCUT2D eigenvalue weighted by molar-refractivity contribution is 0.483. The van der Waals surface area contributed by atoms with Crippen LogP contribution in [-0.2, 0) is 10.0 Å². The molecule has 1 aromatic carbocycles. The fraction of sp³-hybridized carbons (Fsp3) is 0.538. The Hall–Kier alpha value is -0.850. The molecule has 3 N–H and O–H groups in total. The molecule has 7 heteroatoms. The highest BCUT2D eigenvalue weighted by molar-refractivity contribution is 7.89. The lowest BCUT2D eigenvalue weighted by Gasteiger charge is -2.16. The lowest BCUT2D eigenvalue weighted by atomic mass is 10.1. The smallest absolute Gasteiger partial charge is 0.243 e. The quantitative estimate of drug-likeness (QED) is 0.790. The van der Waals surface area contributed by atoms with Gasteiger partial charge in [-0.25, -0.2) is 17.5 Å². The normalized spacial score (nSPS) is 13.7. The molecule has 0 saturated carbocycles. The Labute approximate surface area is 124 Å². The molecule has 0 aromatic heterocycles. The SMILES string of the molecule is CC(C)CCC(C)NS(=O)(=O)c1cc(N)cc(Cl)c1F. The van der Waals surface area contributed by atoms with Gasteiger partial charge in [-0.15, -0.1) is 0 Å². The molecule has 0 spiro atoms. The van der Waals surface area contributed by atoms with Gasteiger partial charge in [-0.3, -0.25) is 0 Å². The molecule has 114 valence electrons. The maximum Gasteiger partial charge on any atom is 0.243 e. The Bertz CT molecular complexity index is 576. The molecule has 1 rings (SSSR count). The molecule has 0 amide bonds. The van der Waals surface area contributed by atoms with E-state index in [-0.39, 0.29) is 16.8 Å². The van der Waals surface area contributed by atoms with Crippen LogP contribution >= 0.6 is 11.6 Å². The van der Waals surface area contributed by atoms with Crippen molar-refractivity contribution in [2.45, 2.75) is 44.6 Å². The van der Waals surface area contributed by atoms with E-state index >= 15 is 0 Å². The van der Waals surface area contributed by atoms with E-state index in [2.05, 4.69) is 18.6 Å². The summed E-state index contributed by atoms with van der Waals surface area (Å²) < 4.78 is 40.6. The fourth-order valence-corrected chi connectivity index (χ4v) is 3.45. The molecule has 1 aromatic rings. The summed E-state index contributed by atoms with van der Waals surface area (Å²) in [7, 11) is -3.97.